The molecule has 1 heterocycles. The van der Waals surface area contributed by atoms with Gasteiger partial charge in [0.15, 0.2) is 0 Å². The van der Waals surface area contributed by atoms with Crippen LogP contribution < -0.4 is 5.32 Å². The number of alkyl carbamates (subject to hydrolysis) is 1. The second-order valence-electron chi connectivity index (χ2n) is 5.38. The summed E-state index contributed by atoms with van der Waals surface area (Å²) >= 11 is 0. The van der Waals surface area contributed by atoms with Gasteiger partial charge in [0.2, 0.25) is 0 Å². The van der Waals surface area contributed by atoms with E-state index < -0.39 is 29.2 Å². The number of nitrogens with one attached hydrogen (secondary N) is 1. The van der Waals surface area contributed by atoms with Gasteiger partial charge in [-0.05, 0) is 34.6 Å². The minimum atomic E-state index is -0.798. The molecule has 1 atom stereocenters. The molecular weight excluding hydrogens is 212 g/mol. The molecule has 0 aromatic rings. The Kier molecular flexibility index (Phi) is 2.89. The minimum Gasteiger partial charge on any atom is -0.444 e. The van der Waals surface area contributed by atoms with Crippen LogP contribution in [0.4, 0.5) is 4.79 Å². The van der Waals surface area contributed by atoms with Gasteiger partial charge in [-0.15, -0.1) is 0 Å². The van der Waals surface area contributed by atoms with Gasteiger partial charge >= 0.3 is 6.09 Å². The number of hydrogen-bond donors (Lipinski definition) is 2. The van der Waals surface area contributed by atoms with Crippen LogP contribution in [0.25, 0.3) is 0 Å². The quantitative estimate of drug-likeness (QED) is 0.518. The number of hydroxylamine groups is 2. The van der Waals surface area contributed by atoms with Gasteiger partial charge in [-0.25, -0.2) is 9.86 Å². The highest BCUT2D eigenvalue weighted by Gasteiger charge is 2.55. The Labute approximate surface area is 94.5 Å². The van der Waals surface area contributed by atoms with Crippen LogP contribution in [-0.2, 0) is 9.53 Å². The summed E-state index contributed by atoms with van der Waals surface area (Å²) < 4.78 is 5.02. The Morgan fingerprint density at radius 1 is 1.50 bits per heavy atom. The molecule has 92 valence electrons. The number of amides is 2. The maximum absolute atomic E-state index is 11.4. The zero-order valence-electron chi connectivity index (χ0n) is 10.2. The summed E-state index contributed by atoms with van der Waals surface area (Å²) in [5, 5.41) is 12.3. The van der Waals surface area contributed by atoms with Crippen molar-refractivity contribution in [3.05, 3.63) is 0 Å². The molecule has 1 saturated heterocycles. The van der Waals surface area contributed by atoms with Crippen LogP contribution in [0.2, 0.25) is 0 Å². The first-order chi connectivity index (χ1) is 7.05. The van der Waals surface area contributed by atoms with Crippen LogP contribution in [0.3, 0.4) is 0 Å². The van der Waals surface area contributed by atoms with Crippen LogP contribution in [0, 0.1) is 0 Å². The molecule has 0 aliphatic carbocycles. The molecule has 2 amide bonds. The molecule has 0 aromatic carbocycles. The minimum absolute atomic E-state index is 0.532. The molecule has 1 aliphatic rings. The first-order valence-electron chi connectivity index (χ1n) is 5.08. The number of carbonyl (C=O) groups is 2. The molecule has 0 spiro atoms. The molecule has 1 aliphatic heterocycles. The van der Waals surface area contributed by atoms with E-state index in [2.05, 4.69) is 5.32 Å². The molecule has 0 saturated carbocycles. The van der Waals surface area contributed by atoms with Crippen molar-refractivity contribution in [3.63, 3.8) is 0 Å². The van der Waals surface area contributed by atoms with E-state index in [-0.39, 0.29) is 0 Å². The summed E-state index contributed by atoms with van der Waals surface area (Å²) in [6.45, 7) is 8.50. The molecule has 0 radical (unpaired) electrons. The van der Waals surface area contributed by atoms with Gasteiger partial charge in [-0.1, -0.05) is 0 Å². The summed E-state index contributed by atoms with van der Waals surface area (Å²) in [6, 6.07) is -0.743. The molecule has 2 N–H and O–H groups in total. The highest BCUT2D eigenvalue weighted by atomic mass is 16.6. The Balaban J connectivity index is 2.57. The van der Waals surface area contributed by atoms with Crippen LogP contribution in [-0.4, -0.2) is 39.5 Å². The molecule has 1 fully saturated rings. The molecule has 1 rings (SSSR count). The van der Waals surface area contributed by atoms with Gasteiger partial charge in [-0.2, -0.15) is 0 Å². The lowest BCUT2D eigenvalue weighted by atomic mass is 9.85. The second-order valence-corrected chi connectivity index (χ2v) is 5.38. The third-order valence-corrected chi connectivity index (χ3v) is 2.37. The maximum atomic E-state index is 11.4. The smallest absolute Gasteiger partial charge is 0.408 e. The lowest BCUT2D eigenvalue weighted by Gasteiger charge is -2.49. The second kappa shape index (κ2) is 3.62. The van der Waals surface area contributed by atoms with Crippen molar-refractivity contribution in [3.8, 4) is 0 Å². The fraction of sp³-hybridized carbons (Fsp3) is 0.800. The highest BCUT2D eigenvalue weighted by molar-refractivity contribution is 5.92. The number of ether oxygens (including phenoxy) is 1. The number of β-lactam (4-membered cyclic amide) rings is 1. The molecule has 0 unspecified atom stereocenters. The van der Waals surface area contributed by atoms with Crippen LogP contribution in [0.5, 0.6) is 0 Å². The van der Waals surface area contributed by atoms with E-state index in [4.69, 9.17) is 4.74 Å². The van der Waals surface area contributed by atoms with Gasteiger partial charge < -0.3 is 10.1 Å². The number of hydrogen-bond acceptors (Lipinski definition) is 4. The Morgan fingerprint density at radius 3 is 2.38 bits per heavy atom. The number of rotatable bonds is 1. The third-order valence-electron chi connectivity index (χ3n) is 2.37. The molecule has 0 bridgehead atoms. The van der Waals surface area contributed by atoms with E-state index in [1.54, 1.807) is 34.6 Å². The van der Waals surface area contributed by atoms with E-state index in [9.17, 15) is 14.8 Å². The number of nitrogens with zero attached hydrogens (tertiary/aromatic N) is 1. The standard InChI is InChI=1S/C10H18N2O4/c1-9(2,3)16-8(14)11-6-7(13)12(15)10(6,4)5/h6,15H,1-5H3,(H,11,14)/t6-/m1/s1. The maximum Gasteiger partial charge on any atom is 0.408 e. The van der Waals surface area contributed by atoms with Gasteiger partial charge in [0.1, 0.15) is 11.6 Å². The average Bonchev–Trinajstić information content (AvgIpc) is 2.09. The van der Waals surface area contributed by atoms with Crippen molar-refractivity contribution >= 4 is 12.0 Å². The molecule has 0 aromatic heterocycles. The van der Waals surface area contributed by atoms with E-state index in [1.165, 1.54) is 0 Å². The summed E-state index contributed by atoms with van der Waals surface area (Å²) in [7, 11) is 0. The first kappa shape index (κ1) is 12.8. The first-order valence-corrected chi connectivity index (χ1v) is 5.08. The third kappa shape index (κ3) is 2.27. The highest BCUT2D eigenvalue weighted by Crippen LogP contribution is 2.29. The zero-order valence-corrected chi connectivity index (χ0v) is 10.2. The van der Waals surface area contributed by atoms with Crippen molar-refractivity contribution in [1.29, 1.82) is 0 Å². The normalized spacial score (nSPS) is 23.8. The van der Waals surface area contributed by atoms with E-state index in [1.807, 2.05) is 0 Å². The van der Waals surface area contributed by atoms with E-state index in [0.717, 1.165) is 0 Å². The largest absolute Gasteiger partial charge is 0.444 e. The van der Waals surface area contributed by atoms with Gasteiger partial charge in [-0.3, -0.25) is 10.0 Å². The summed E-state index contributed by atoms with van der Waals surface area (Å²) in [4.78, 5) is 22.7. The Morgan fingerprint density at radius 2 is 2.00 bits per heavy atom. The van der Waals surface area contributed by atoms with Gasteiger partial charge in [0.25, 0.3) is 5.91 Å². The zero-order chi connectivity index (χ0) is 12.7. The summed E-state index contributed by atoms with van der Waals surface area (Å²) in [5.41, 5.74) is -1.41. The topological polar surface area (TPSA) is 78.9 Å². The molecule has 6 heteroatoms. The average molecular weight is 230 g/mol. The lowest BCUT2D eigenvalue weighted by molar-refractivity contribution is -0.231. The summed E-state index contributed by atoms with van der Waals surface area (Å²) in [6.07, 6.45) is -0.660. The van der Waals surface area contributed by atoms with Crippen molar-refractivity contribution in [1.82, 2.24) is 10.4 Å². The van der Waals surface area contributed by atoms with Crippen molar-refractivity contribution in [2.75, 3.05) is 0 Å². The van der Waals surface area contributed by atoms with Crippen LogP contribution in [0.15, 0.2) is 0 Å². The number of carbonyl (C=O) groups excluding carboxylic acids is 2. The molecular formula is C10H18N2O4. The van der Waals surface area contributed by atoms with Gasteiger partial charge in [0, 0.05) is 0 Å². The Bertz CT molecular complexity index is 319. The SMILES string of the molecule is CC(C)(C)OC(=O)N[C@@H]1C(=O)N(O)C1(C)C. The van der Waals surface area contributed by atoms with Gasteiger partial charge in [0.05, 0.1) is 5.54 Å². The summed E-state index contributed by atoms with van der Waals surface area (Å²) in [5.74, 6) is -0.532. The van der Waals surface area contributed by atoms with Crippen LogP contribution in [0.1, 0.15) is 34.6 Å². The van der Waals surface area contributed by atoms with E-state index >= 15 is 0 Å². The lowest BCUT2D eigenvalue weighted by Crippen LogP contribution is -2.75. The van der Waals surface area contributed by atoms with Crippen molar-refractivity contribution < 1.29 is 19.5 Å². The molecule has 6 nitrogen and oxygen atoms in total. The molecule has 16 heavy (non-hydrogen) atoms. The predicted octanol–water partition coefficient (Wildman–Crippen LogP) is 0.890. The predicted molar refractivity (Wildman–Crippen MR) is 55.9 cm³/mol. The fourth-order valence-electron chi connectivity index (χ4n) is 1.43. The van der Waals surface area contributed by atoms with E-state index in [0.29, 0.717) is 5.06 Å². The fourth-order valence-corrected chi connectivity index (χ4v) is 1.43. The monoisotopic (exact) mass is 230 g/mol. The van der Waals surface area contributed by atoms with Crippen molar-refractivity contribution in [2.24, 2.45) is 0 Å². The van der Waals surface area contributed by atoms with Crippen molar-refractivity contribution in [2.45, 2.75) is 51.8 Å². The van der Waals surface area contributed by atoms with Crippen LogP contribution >= 0.6 is 0 Å². The Hall–Kier alpha value is -1.30.